The zero-order chi connectivity index (χ0) is 33.7. The number of ketones is 2. The summed E-state index contributed by atoms with van der Waals surface area (Å²) >= 11 is 0. The van der Waals surface area contributed by atoms with Crippen molar-refractivity contribution in [3.05, 3.63) is 11.6 Å². The highest BCUT2D eigenvalue weighted by Crippen LogP contribution is 2.68. The number of amides is 1. The molecule has 2 saturated carbocycles. The van der Waals surface area contributed by atoms with Crippen molar-refractivity contribution in [1.29, 1.82) is 5.26 Å². The van der Waals surface area contributed by atoms with Gasteiger partial charge in [-0.2, -0.15) is 5.26 Å². The molecule has 248 valence electrons. The quantitative estimate of drug-likeness (QED) is 0.295. The first-order chi connectivity index (χ1) is 19.9. The Hall–Kier alpha value is -2.16. The number of carbonyl (C=O) groups excluding carboxylic acids is 3. The van der Waals surface area contributed by atoms with E-state index in [-0.39, 0.29) is 56.7 Å². The number of fused-ring (bicyclic) bond motifs is 1. The Balaban J connectivity index is 1.99. The average molecular weight is 611 g/mol. The van der Waals surface area contributed by atoms with Gasteiger partial charge in [0, 0.05) is 18.4 Å². The number of nitrogens with one attached hydrogen (secondary N) is 1. The van der Waals surface area contributed by atoms with E-state index in [0.717, 1.165) is 44.9 Å². The molecule has 3 rings (SSSR count). The van der Waals surface area contributed by atoms with E-state index in [1.165, 1.54) is 0 Å². The summed E-state index contributed by atoms with van der Waals surface area (Å²) in [7, 11) is 0. The number of ether oxygens (including phenoxy) is 1. The topological polar surface area (TPSA) is 96.3 Å². The Morgan fingerprint density at radius 2 is 1.66 bits per heavy atom. The number of rotatable bonds is 8. The van der Waals surface area contributed by atoms with Gasteiger partial charge in [-0.15, -0.1) is 0 Å². The molecule has 0 aliphatic heterocycles. The van der Waals surface area contributed by atoms with Crippen molar-refractivity contribution >= 4 is 17.7 Å². The van der Waals surface area contributed by atoms with Crippen LogP contribution in [0.2, 0.25) is 0 Å². The molecule has 6 nitrogen and oxygen atoms in total. The Morgan fingerprint density at radius 1 is 1.05 bits per heavy atom. The van der Waals surface area contributed by atoms with Gasteiger partial charge < -0.3 is 14.8 Å². The molecular weight excluding hydrogens is 548 g/mol. The molecule has 0 spiro atoms. The van der Waals surface area contributed by atoms with Gasteiger partial charge in [-0.3, -0.25) is 4.79 Å². The predicted octanol–water partition coefficient (Wildman–Crippen LogP) is 9.23. The third-order valence-corrected chi connectivity index (χ3v) is 13.0. The summed E-state index contributed by atoms with van der Waals surface area (Å²) in [6, 6.07) is 2.21. The van der Waals surface area contributed by atoms with Crippen LogP contribution in [0.15, 0.2) is 11.6 Å². The van der Waals surface area contributed by atoms with Gasteiger partial charge >= 0.3 is 6.09 Å². The molecule has 0 aromatic carbocycles. The van der Waals surface area contributed by atoms with Crippen LogP contribution in [0, 0.1) is 61.6 Å². The van der Waals surface area contributed by atoms with Gasteiger partial charge in [0.25, 0.3) is 0 Å². The van der Waals surface area contributed by atoms with Crippen LogP contribution in [0.5, 0.6) is 0 Å². The van der Waals surface area contributed by atoms with Crippen molar-refractivity contribution < 1.29 is 19.1 Å². The number of nitriles is 1. The number of hydrogen-bond acceptors (Lipinski definition) is 5. The van der Waals surface area contributed by atoms with Gasteiger partial charge in [0.2, 0.25) is 0 Å². The van der Waals surface area contributed by atoms with Crippen LogP contribution in [-0.2, 0) is 14.3 Å². The zero-order valence-electron chi connectivity index (χ0n) is 30.3. The average Bonchev–Trinajstić information content (AvgIpc) is 2.86. The van der Waals surface area contributed by atoms with Gasteiger partial charge in [-0.25, -0.2) is 4.79 Å². The molecular formula is C38H62N2O4. The van der Waals surface area contributed by atoms with E-state index in [9.17, 15) is 19.6 Å². The smallest absolute Gasteiger partial charge is 0.407 e. The lowest BCUT2D eigenvalue weighted by Crippen LogP contribution is -2.60. The predicted molar refractivity (Wildman–Crippen MR) is 177 cm³/mol. The van der Waals surface area contributed by atoms with Crippen LogP contribution in [0.3, 0.4) is 0 Å². The Labute approximate surface area is 268 Å². The van der Waals surface area contributed by atoms with Gasteiger partial charge in [0.05, 0.1) is 5.57 Å². The van der Waals surface area contributed by atoms with Gasteiger partial charge in [0.15, 0.2) is 5.78 Å². The van der Waals surface area contributed by atoms with E-state index in [0.29, 0.717) is 18.9 Å². The van der Waals surface area contributed by atoms with E-state index in [1.807, 2.05) is 40.7 Å². The molecule has 0 radical (unpaired) electrons. The minimum atomic E-state index is -0.656. The molecule has 6 heteroatoms. The lowest BCUT2D eigenvalue weighted by atomic mass is 9.39. The van der Waals surface area contributed by atoms with Crippen molar-refractivity contribution in [1.82, 2.24) is 5.32 Å². The SMILES string of the molecule is CC(=O)CC1[C@@]2(C)C=C(C#N)C(=O)C(C)(C)C2CC[C@@]1(C)C(C)(C)CC[C@@]1(CNC(=O)OC(C)(C)C)CCC(C)(C)CC1C. The van der Waals surface area contributed by atoms with Crippen LogP contribution >= 0.6 is 0 Å². The van der Waals surface area contributed by atoms with Crippen molar-refractivity contribution in [2.24, 2.45) is 50.2 Å². The zero-order valence-corrected chi connectivity index (χ0v) is 30.3. The number of hydrogen-bond donors (Lipinski definition) is 1. The van der Waals surface area contributed by atoms with Crippen molar-refractivity contribution in [3.8, 4) is 6.07 Å². The first-order valence-corrected chi connectivity index (χ1v) is 17.0. The van der Waals surface area contributed by atoms with Crippen LogP contribution < -0.4 is 5.32 Å². The third kappa shape index (κ3) is 6.82. The van der Waals surface area contributed by atoms with E-state index in [1.54, 1.807) is 6.92 Å². The second kappa shape index (κ2) is 11.9. The molecule has 1 amide bonds. The Bertz CT molecular complexity index is 1210. The summed E-state index contributed by atoms with van der Waals surface area (Å²) in [6.45, 7) is 28.3. The molecule has 0 aromatic heterocycles. The first kappa shape index (κ1) is 36.3. The van der Waals surface area contributed by atoms with Crippen LogP contribution in [0.25, 0.3) is 0 Å². The molecule has 0 heterocycles. The standard InChI is InChI=1S/C38H62N2O4/c1-25-21-33(6,7)16-18-38(25,24-40-31(43)44-32(3,4)5)19-17-34(8,9)37(13)15-14-28-35(10,11)30(42)27(23-39)22-36(28,12)29(37)20-26(2)41/h22,25,28-29H,14-21,24H2,1-13H3,(H,40,43)/t25?,28?,29?,36-,37+,38+/m0/s1. The molecule has 0 bridgehead atoms. The largest absolute Gasteiger partial charge is 0.444 e. The molecule has 6 atom stereocenters. The summed E-state index contributed by atoms with van der Waals surface area (Å²) in [4.78, 5) is 39.1. The number of Topliss-reactive ketones (excluding diaryl/α,β-unsaturated/α-hetero) is 2. The Kier molecular flexibility index (Phi) is 9.81. The summed E-state index contributed by atoms with van der Waals surface area (Å²) < 4.78 is 5.63. The summed E-state index contributed by atoms with van der Waals surface area (Å²) in [5, 5.41) is 13.1. The van der Waals surface area contributed by atoms with E-state index >= 15 is 0 Å². The van der Waals surface area contributed by atoms with Gasteiger partial charge in [0.1, 0.15) is 17.5 Å². The van der Waals surface area contributed by atoms with Gasteiger partial charge in [-0.1, -0.05) is 68.4 Å². The Morgan fingerprint density at radius 3 is 2.18 bits per heavy atom. The summed E-state index contributed by atoms with van der Waals surface area (Å²) in [5.41, 5.74) is -1.53. The molecule has 1 N–H and O–H groups in total. The molecule has 0 aromatic rings. The molecule has 3 aliphatic carbocycles. The molecule has 0 saturated heterocycles. The maximum atomic E-state index is 13.3. The number of carbonyl (C=O) groups is 3. The van der Waals surface area contributed by atoms with Crippen molar-refractivity contribution in [2.45, 2.75) is 147 Å². The number of allylic oxidation sites excluding steroid dienone is 2. The van der Waals surface area contributed by atoms with Crippen molar-refractivity contribution in [2.75, 3.05) is 6.54 Å². The van der Waals surface area contributed by atoms with Crippen LogP contribution in [0.1, 0.15) is 141 Å². The third-order valence-electron chi connectivity index (χ3n) is 13.0. The molecule has 3 unspecified atom stereocenters. The van der Waals surface area contributed by atoms with E-state index in [4.69, 9.17) is 4.74 Å². The normalized spacial score (nSPS) is 35.1. The molecule has 2 fully saturated rings. The fourth-order valence-electron chi connectivity index (χ4n) is 9.82. The van der Waals surface area contributed by atoms with Gasteiger partial charge in [-0.05, 0) is 117 Å². The highest BCUT2D eigenvalue weighted by molar-refractivity contribution is 6.04. The second-order valence-corrected chi connectivity index (χ2v) is 18.4. The molecule has 44 heavy (non-hydrogen) atoms. The maximum absolute atomic E-state index is 13.3. The highest BCUT2D eigenvalue weighted by atomic mass is 16.6. The monoisotopic (exact) mass is 610 g/mol. The second-order valence-electron chi connectivity index (χ2n) is 18.4. The van der Waals surface area contributed by atoms with Crippen LogP contribution in [-0.4, -0.2) is 29.8 Å². The summed E-state index contributed by atoms with van der Waals surface area (Å²) in [5.74, 6) is 0.577. The van der Waals surface area contributed by atoms with Crippen LogP contribution in [0.4, 0.5) is 4.79 Å². The minimum absolute atomic E-state index is 0.00414. The lowest BCUT2D eigenvalue weighted by Gasteiger charge is -2.64. The van der Waals surface area contributed by atoms with E-state index < -0.39 is 16.4 Å². The fraction of sp³-hybridized carbons (Fsp3) is 0.842. The maximum Gasteiger partial charge on any atom is 0.407 e. The first-order valence-electron chi connectivity index (χ1n) is 17.0. The highest BCUT2D eigenvalue weighted by Gasteiger charge is 2.63. The molecule has 3 aliphatic rings. The fourth-order valence-corrected chi connectivity index (χ4v) is 9.82. The lowest BCUT2D eigenvalue weighted by molar-refractivity contribution is -0.156. The minimum Gasteiger partial charge on any atom is -0.444 e. The van der Waals surface area contributed by atoms with E-state index in [2.05, 4.69) is 59.9 Å². The summed E-state index contributed by atoms with van der Waals surface area (Å²) in [6.07, 6.45) is 9.03. The number of alkyl carbamates (subject to hydrolysis) is 1. The number of nitrogens with zero attached hydrogens (tertiary/aromatic N) is 1. The van der Waals surface area contributed by atoms with Crippen molar-refractivity contribution in [3.63, 3.8) is 0 Å².